The van der Waals surface area contributed by atoms with Crippen LogP contribution in [0.2, 0.25) is 0 Å². The van der Waals surface area contributed by atoms with Gasteiger partial charge in [0.15, 0.2) is 0 Å². The van der Waals surface area contributed by atoms with Crippen molar-refractivity contribution >= 4 is 27.5 Å². The molecule has 0 aliphatic rings. The molecule has 2 amide bonds. The fraction of sp³-hybridized carbons (Fsp3) is 0.462. The van der Waals surface area contributed by atoms with E-state index in [2.05, 4.69) is 5.32 Å². The van der Waals surface area contributed by atoms with Crippen molar-refractivity contribution in [3.05, 3.63) is 60.2 Å². The van der Waals surface area contributed by atoms with Crippen LogP contribution < -0.4 is 14.4 Å². The van der Waals surface area contributed by atoms with Crippen LogP contribution in [0, 0.1) is 0 Å². The van der Waals surface area contributed by atoms with E-state index in [-0.39, 0.29) is 24.2 Å². The van der Waals surface area contributed by atoms with Crippen LogP contribution in [0.3, 0.4) is 0 Å². The Morgan fingerprint density at radius 1 is 0.971 bits per heavy atom. The highest BCUT2D eigenvalue weighted by Crippen LogP contribution is 2.30. The molecule has 0 unspecified atom stereocenters. The molecule has 192 valence electrons. The molecule has 1 N–H and O–H groups in total. The van der Waals surface area contributed by atoms with Gasteiger partial charge in [0.05, 0.1) is 18.6 Å². The average molecular weight is 504 g/mol. The van der Waals surface area contributed by atoms with Crippen LogP contribution in [0.4, 0.5) is 5.69 Å². The number of sulfonamides is 1. The van der Waals surface area contributed by atoms with E-state index in [1.165, 1.54) is 4.90 Å². The zero-order valence-electron chi connectivity index (χ0n) is 21.2. The Balaban J connectivity index is 2.45. The molecule has 2 atom stereocenters. The molecule has 0 spiro atoms. The molecule has 0 heterocycles. The number of carbonyl (C=O) groups is 2. The lowest BCUT2D eigenvalue weighted by Gasteiger charge is -2.33. The van der Waals surface area contributed by atoms with Crippen molar-refractivity contribution in [3.63, 3.8) is 0 Å². The maximum Gasteiger partial charge on any atom is 0.244 e. The van der Waals surface area contributed by atoms with Crippen LogP contribution >= 0.6 is 0 Å². The third-order valence-corrected chi connectivity index (χ3v) is 6.82. The number of benzene rings is 2. The van der Waals surface area contributed by atoms with E-state index in [9.17, 15) is 18.0 Å². The van der Waals surface area contributed by atoms with Crippen LogP contribution in [0.15, 0.2) is 54.6 Å². The van der Waals surface area contributed by atoms with Gasteiger partial charge in [-0.15, -0.1) is 0 Å². The van der Waals surface area contributed by atoms with Gasteiger partial charge in [-0.1, -0.05) is 56.3 Å². The van der Waals surface area contributed by atoms with Crippen molar-refractivity contribution in [2.75, 3.05) is 23.7 Å². The lowest BCUT2D eigenvalue weighted by molar-refractivity contribution is -0.140. The van der Waals surface area contributed by atoms with E-state index >= 15 is 0 Å². The van der Waals surface area contributed by atoms with E-state index in [4.69, 9.17) is 4.74 Å². The van der Waals surface area contributed by atoms with Crippen LogP contribution in [0.1, 0.15) is 46.1 Å². The first-order chi connectivity index (χ1) is 16.6. The van der Waals surface area contributed by atoms with Gasteiger partial charge in [0.2, 0.25) is 21.8 Å². The number of anilines is 1. The van der Waals surface area contributed by atoms with Gasteiger partial charge in [-0.25, -0.2) is 8.42 Å². The van der Waals surface area contributed by atoms with Crippen molar-refractivity contribution < 1.29 is 22.7 Å². The summed E-state index contributed by atoms with van der Waals surface area (Å²) in [4.78, 5) is 28.3. The summed E-state index contributed by atoms with van der Waals surface area (Å²) >= 11 is 0. The largest absolute Gasteiger partial charge is 0.492 e. The molecule has 35 heavy (non-hydrogen) atoms. The molecule has 9 heteroatoms. The molecular weight excluding hydrogens is 466 g/mol. The van der Waals surface area contributed by atoms with E-state index in [1.54, 1.807) is 31.2 Å². The Bertz CT molecular complexity index is 1080. The van der Waals surface area contributed by atoms with Gasteiger partial charge in [-0.05, 0) is 44.4 Å². The number of nitrogens with zero attached hydrogens (tertiary/aromatic N) is 2. The minimum Gasteiger partial charge on any atom is -0.492 e. The number of carbonyl (C=O) groups excluding carboxylic acids is 2. The minimum absolute atomic E-state index is 0.0455. The third kappa shape index (κ3) is 7.99. The monoisotopic (exact) mass is 503 g/mol. The Kier molecular flexibility index (Phi) is 10.6. The average Bonchev–Trinajstić information content (AvgIpc) is 2.82. The van der Waals surface area contributed by atoms with Crippen LogP contribution in [0.5, 0.6) is 5.75 Å². The van der Waals surface area contributed by atoms with E-state index in [1.807, 2.05) is 51.1 Å². The van der Waals surface area contributed by atoms with Gasteiger partial charge in [0, 0.05) is 12.6 Å². The quantitative estimate of drug-likeness (QED) is 0.451. The predicted octanol–water partition coefficient (Wildman–Crippen LogP) is 3.57. The van der Waals surface area contributed by atoms with Crippen molar-refractivity contribution in [2.45, 2.75) is 59.2 Å². The molecule has 2 aromatic carbocycles. The minimum atomic E-state index is -3.83. The van der Waals surface area contributed by atoms with Crippen molar-refractivity contribution in [1.29, 1.82) is 0 Å². The fourth-order valence-corrected chi connectivity index (χ4v) is 4.53. The topological polar surface area (TPSA) is 96.0 Å². The lowest BCUT2D eigenvalue weighted by Crippen LogP contribution is -2.53. The summed E-state index contributed by atoms with van der Waals surface area (Å²) in [6.45, 7) is 7.58. The lowest BCUT2D eigenvalue weighted by atomic mass is 10.1. The maximum atomic E-state index is 13.7. The molecule has 8 nitrogen and oxygen atoms in total. The number of rotatable bonds is 13. The summed E-state index contributed by atoms with van der Waals surface area (Å²) in [5.41, 5.74) is 1.12. The Morgan fingerprint density at radius 2 is 1.60 bits per heavy atom. The molecule has 0 saturated carbocycles. The van der Waals surface area contributed by atoms with E-state index < -0.39 is 28.5 Å². The smallest absolute Gasteiger partial charge is 0.244 e. The number of hydrogen-bond acceptors (Lipinski definition) is 5. The molecule has 0 aliphatic heterocycles. The fourth-order valence-electron chi connectivity index (χ4n) is 3.68. The second-order valence-electron chi connectivity index (χ2n) is 8.42. The van der Waals surface area contributed by atoms with Gasteiger partial charge >= 0.3 is 0 Å². The van der Waals surface area contributed by atoms with E-state index in [0.29, 0.717) is 18.8 Å². The van der Waals surface area contributed by atoms with E-state index in [0.717, 1.165) is 22.5 Å². The molecule has 0 bridgehead atoms. The highest BCUT2D eigenvalue weighted by molar-refractivity contribution is 7.92. The summed E-state index contributed by atoms with van der Waals surface area (Å²) in [5.74, 6) is -0.368. The van der Waals surface area contributed by atoms with Crippen LogP contribution in [-0.2, 0) is 26.2 Å². The molecule has 0 radical (unpaired) electrons. The van der Waals surface area contributed by atoms with Crippen molar-refractivity contribution in [2.24, 2.45) is 0 Å². The molecule has 2 rings (SSSR count). The molecule has 0 saturated heterocycles. The first kappa shape index (κ1) is 28.2. The zero-order chi connectivity index (χ0) is 26.0. The van der Waals surface area contributed by atoms with Gasteiger partial charge in [0.1, 0.15) is 18.3 Å². The SMILES string of the molecule is CCOc1ccccc1N(CC(=O)N(Cc1ccccc1)[C@@H](CC)C(=O)N[C@H](C)CC)S(C)(=O)=O. The van der Waals surface area contributed by atoms with Gasteiger partial charge in [0.25, 0.3) is 0 Å². The van der Waals surface area contributed by atoms with Crippen LogP contribution in [0.25, 0.3) is 0 Å². The highest BCUT2D eigenvalue weighted by Gasteiger charge is 2.32. The Morgan fingerprint density at radius 3 is 2.17 bits per heavy atom. The summed E-state index contributed by atoms with van der Waals surface area (Å²) in [6.07, 6.45) is 2.19. The molecule has 0 fully saturated rings. The summed E-state index contributed by atoms with van der Waals surface area (Å²) in [6, 6.07) is 15.2. The van der Waals surface area contributed by atoms with Crippen LogP contribution in [-0.4, -0.2) is 56.6 Å². The molecular formula is C26H37N3O5S. The Hall–Kier alpha value is -3.07. The normalized spacial score (nSPS) is 12.9. The second-order valence-corrected chi connectivity index (χ2v) is 10.3. The number of hydrogen-bond donors (Lipinski definition) is 1. The first-order valence-corrected chi connectivity index (χ1v) is 13.8. The predicted molar refractivity (Wildman–Crippen MR) is 139 cm³/mol. The van der Waals surface area contributed by atoms with Crippen molar-refractivity contribution in [3.8, 4) is 5.75 Å². The number of nitrogens with one attached hydrogen (secondary N) is 1. The summed E-state index contributed by atoms with van der Waals surface area (Å²) < 4.78 is 32.2. The van der Waals surface area contributed by atoms with Gasteiger partial charge in [-0.2, -0.15) is 0 Å². The van der Waals surface area contributed by atoms with Gasteiger partial charge < -0.3 is 15.0 Å². The van der Waals surface area contributed by atoms with Gasteiger partial charge in [-0.3, -0.25) is 13.9 Å². The molecule has 0 aliphatic carbocycles. The van der Waals surface area contributed by atoms with Crippen molar-refractivity contribution in [1.82, 2.24) is 10.2 Å². The molecule has 2 aromatic rings. The maximum absolute atomic E-state index is 13.7. The standard InChI is InChI=1S/C26H37N3O5S/c1-6-20(4)27-26(31)22(7-2)28(18-21-14-10-9-11-15-21)25(30)19-29(35(5,32)33)23-16-12-13-17-24(23)34-8-3/h9-17,20,22H,6-8,18-19H2,1-5H3,(H,27,31)/t20-,22+/m1/s1. The summed E-state index contributed by atoms with van der Waals surface area (Å²) in [5, 5.41) is 2.96. The second kappa shape index (κ2) is 13.1. The third-order valence-electron chi connectivity index (χ3n) is 5.70. The summed E-state index contributed by atoms with van der Waals surface area (Å²) in [7, 11) is -3.83. The number of ether oxygens (including phenoxy) is 1. The highest BCUT2D eigenvalue weighted by atomic mass is 32.2. The number of para-hydroxylation sites is 2. The first-order valence-electron chi connectivity index (χ1n) is 12.0. The molecule has 0 aromatic heterocycles. The zero-order valence-corrected chi connectivity index (χ0v) is 22.0. The Labute approximate surface area is 209 Å². The number of amides is 2.